The van der Waals surface area contributed by atoms with Crippen LogP contribution in [0.2, 0.25) is 0 Å². The van der Waals surface area contributed by atoms with Crippen LogP contribution in [0.4, 0.5) is 0 Å². The number of nitrogens with zero attached hydrogens (tertiary/aromatic N) is 2. The summed E-state index contributed by atoms with van der Waals surface area (Å²) in [4.78, 5) is 21.3. The topological polar surface area (TPSA) is 63.1 Å². The number of hydrogen-bond donors (Lipinski definition) is 1. The third-order valence-corrected chi connectivity index (χ3v) is 6.84. The van der Waals surface area contributed by atoms with Crippen LogP contribution in [0, 0.1) is 47.6 Å². The molecule has 1 N–H and O–H groups in total. The van der Waals surface area contributed by atoms with Crippen LogP contribution in [-0.4, -0.2) is 20.9 Å². The second kappa shape index (κ2) is 14.6. The second-order valence-corrected chi connectivity index (χ2v) is 10.4. The standard InChI is InChI=1S/C21H24O2.C16H11N2.Ir/c1-12-7-14(3)20(15(4)8-12)18(22)11-19(23)21-16(5)9-13(2)10-17(21)6;1-3-11-17-15(5-1)13-7-9-14(10-8-13)16-6-2-4-12-18-16;/h7-11,22H,1-6H3;1-9,11-12H;/q;-1;/b18-11-;;. The van der Waals surface area contributed by atoms with Gasteiger partial charge in [-0.25, -0.2) is 0 Å². The van der Waals surface area contributed by atoms with Gasteiger partial charge in [-0.15, -0.1) is 29.8 Å². The van der Waals surface area contributed by atoms with Gasteiger partial charge in [0.15, 0.2) is 5.78 Å². The average Bonchev–Trinajstić information content (AvgIpc) is 2.93. The van der Waals surface area contributed by atoms with Crippen molar-refractivity contribution in [3.8, 4) is 22.5 Å². The summed E-state index contributed by atoms with van der Waals surface area (Å²) < 4.78 is 0. The molecule has 42 heavy (non-hydrogen) atoms. The van der Waals surface area contributed by atoms with E-state index in [0.29, 0.717) is 5.56 Å². The van der Waals surface area contributed by atoms with E-state index in [1.165, 1.54) is 6.08 Å². The van der Waals surface area contributed by atoms with E-state index in [2.05, 4.69) is 16.0 Å². The molecule has 2 heterocycles. The SMILES string of the molecule is Cc1cc(C)c(C(=O)/C=C(\O)c2c(C)cc(C)cc2C)c(C)c1.[Ir].[c-]1cc(-c2ccccn2)ccc1-c1ccccn1. The van der Waals surface area contributed by atoms with Gasteiger partial charge in [-0.05, 0) is 87.7 Å². The number of aryl methyl sites for hydroxylation is 6. The molecule has 215 valence electrons. The number of allylic oxidation sites excluding steroid dienone is 1. The van der Waals surface area contributed by atoms with Gasteiger partial charge in [0.1, 0.15) is 5.76 Å². The van der Waals surface area contributed by atoms with Crippen molar-refractivity contribution in [2.45, 2.75) is 41.5 Å². The summed E-state index contributed by atoms with van der Waals surface area (Å²) in [5, 5.41) is 10.5. The zero-order valence-electron chi connectivity index (χ0n) is 24.8. The third kappa shape index (κ3) is 7.97. The number of carbonyl (C=O) groups excluding carboxylic acids is 1. The largest absolute Gasteiger partial charge is 0.507 e. The van der Waals surface area contributed by atoms with E-state index in [0.717, 1.165) is 61.5 Å². The Kier molecular flexibility index (Phi) is 11.3. The van der Waals surface area contributed by atoms with Gasteiger partial charge in [-0.1, -0.05) is 59.2 Å². The number of ketones is 1. The Morgan fingerprint density at radius 3 is 1.64 bits per heavy atom. The first-order valence-corrected chi connectivity index (χ1v) is 13.6. The zero-order chi connectivity index (χ0) is 29.5. The molecular weight excluding hydrogens is 697 g/mol. The van der Waals surface area contributed by atoms with Gasteiger partial charge >= 0.3 is 0 Å². The minimum Gasteiger partial charge on any atom is -0.507 e. The Bertz CT molecular complexity index is 1590. The number of pyridine rings is 2. The fourth-order valence-corrected chi connectivity index (χ4v) is 5.22. The molecule has 0 bridgehead atoms. The van der Waals surface area contributed by atoms with Crippen molar-refractivity contribution in [1.82, 2.24) is 9.97 Å². The molecule has 0 aliphatic carbocycles. The number of aliphatic hydroxyl groups is 1. The Morgan fingerprint density at radius 1 is 0.690 bits per heavy atom. The summed E-state index contributed by atoms with van der Waals surface area (Å²) in [7, 11) is 0. The molecule has 5 aromatic rings. The molecule has 0 spiro atoms. The van der Waals surface area contributed by atoms with Crippen molar-refractivity contribution < 1.29 is 30.0 Å². The quantitative estimate of drug-likeness (QED) is 0.0849. The molecule has 0 aliphatic heterocycles. The summed E-state index contributed by atoms with van der Waals surface area (Å²) in [6.45, 7) is 11.8. The summed E-state index contributed by atoms with van der Waals surface area (Å²) >= 11 is 0. The van der Waals surface area contributed by atoms with E-state index in [9.17, 15) is 9.90 Å². The van der Waals surface area contributed by atoms with Crippen LogP contribution in [0.5, 0.6) is 0 Å². The minimum atomic E-state index is -0.156. The van der Waals surface area contributed by atoms with Crippen molar-refractivity contribution in [3.63, 3.8) is 0 Å². The number of aromatic nitrogens is 2. The van der Waals surface area contributed by atoms with Crippen molar-refractivity contribution in [1.29, 1.82) is 0 Å². The van der Waals surface area contributed by atoms with E-state index in [1.807, 2.05) is 120 Å². The minimum absolute atomic E-state index is 0. The van der Waals surface area contributed by atoms with Gasteiger partial charge in [0.2, 0.25) is 0 Å². The molecule has 0 saturated heterocycles. The van der Waals surface area contributed by atoms with Crippen LogP contribution in [-0.2, 0) is 20.1 Å². The fourth-order valence-electron chi connectivity index (χ4n) is 5.22. The maximum Gasteiger partial charge on any atom is 0.190 e. The van der Waals surface area contributed by atoms with Crippen molar-refractivity contribution >= 4 is 11.5 Å². The second-order valence-electron chi connectivity index (χ2n) is 10.4. The molecule has 3 aromatic carbocycles. The molecule has 0 amide bonds. The van der Waals surface area contributed by atoms with E-state index in [-0.39, 0.29) is 31.6 Å². The smallest absolute Gasteiger partial charge is 0.190 e. The number of carbonyl (C=O) groups is 1. The van der Waals surface area contributed by atoms with E-state index >= 15 is 0 Å². The van der Waals surface area contributed by atoms with Gasteiger partial charge in [-0.3, -0.25) is 9.78 Å². The molecule has 5 rings (SSSR count). The van der Waals surface area contributed by atoms with Crippen LogP contribution in [0.25, 0.3) is 28.3 Å². The van der Waals surface area contributed by atoms with Gasteiger partial charge in [-0.2, -0.15) is 0 Å². The molecule has 0 saturated carbocycles. The van der Waals surface area contributed by atoms with E-state index < -0.39 is 0 Å². The number of benzene rings is 3. The number of aliphatic hydroxyl groups excluding tert-OH is 1. The van der Waals surface area contributed by atoms with Crippen LogP contribution >= 0.6 is 0 Å². The third-order valence-electron chi connectivity index (χ3n) is 6.84. The summed E-state index contributed by atoms with van der Waals surface area (Å²) in [5.74, 6) is -0.124. The summed E-state index contributed by atoms with van der Waals surface area (Å²) in [6, 6.07) is 29.0. The van der Waals surface area contributed by atoms with Gasteiger partial charge in [0.25, 0.3) is 0 Å². The zero-order valence-corrected chi connectivity index (χ0v) is 27.2. The fraction of sp³-hybridized carbons (Fsp3) is 0.162. The van der Waals surface area contributed by atoms with E-state index in [1.54, 1.807) is 12.4 Å². The Morgan fingerprint density at radius 2 is 1.19 bits per heavy atom. The van der Waals surface area contributed by atoms with Gasteiger partial charge in [0.05, 0.1) is 0 Å². The maximum atomic E-state index is 12.6. The molecule has 0 aliphatic rings. The predicted octanol–water partition coefficient (Wildman–Crippen LogP) is 8.93. The first-order valence-electron chi connectivity index (χ1n) is 13.6. The Hall–Kier alpha value is -4.18. The molecule has 2 aromatic heterocycles. The Labute approximate surface area is 262 Å². The summed E-state index contributed by atoms with van der Waals surface area (Å²) in [5.41, 5.74) is 11.5. The molecule has 1 radical (unpaired) electrons. The van der Waals surface area contributed by atoms with Gasteiger partial charge < -0.3 is 10.1 Å². The first kappa shape index (κ1) is 32.3. The van der Waals surface area contributed by atoms with Crippen LogP contribution in [0.15, 0.2) is 97.3 Å². The van der Waals surface area contributed by atoms with E-state index in [4.69, 9.17) is 0 Å². The van der Waals surface area contributed by atoms with Crippen LogP contribution in [0.3, 0.4) is 0 Å². The van der Waals surface area contributed by atoms with Crippen molar-refractivity contribution in [2.75, 3.05) is 0 Å². The summed E-state index contributed by atoms with van der Waals surface area (Å²) in [6.07, 6.45) is 4.92. The first-order chi connectivity index (χ1) is 19.6. The molecule has 4 nitrogen and oxygen atoms in total. The van der Waals surface area contributed by atoms with Crippen LogP contribution in [0.1, 0.15) is 49.3 Å². The maximum absolute atomic E-state index is 12.6. The average molecular weight is 732 g/mol. The van der Waals surface area contributed by atoms with Crippen LogP contribution < -0.4 is 0 Å². The Balaban J connectivity index is 0.000000231. The predicted molar refractivity (Wildman–Crippen MR) is 168 cm³/mol. The monoisotopic (exact) mass is 732 g/mol. The van der Waals surface area contributed by atoms with Gasteiger partial charge in [0, 0.05) is 55.4 Å². The molecule has 0 fully saturated rings. The molecule has 5 heteroatoms. The molecule has 0 unspecified atom stereocenters. The van der Waals surface area contributed by atoms with Crippen molar-refractivity contribution in [3.05, 3.63) is 148 Å². The molecular formula is C37H35IrN2O2-. The number of rotatable bonds is 5. The number of hydrogen-bond acceptors (Lipinski definition) is 4. The normalized spacial score (nSPS) is 10.8. The molecule has 0 atom stereocenters. The van der Waals surface area contributed by atoms with Crippen molar-refractivity contribution in [2.24, 2.45) is 0 Å².